The van der Waals surface area contributed by atoms with Crippen LogP contribution in [0.15, 0.2) is 106 Å². The average Bonchev–Trinajstić information content (AvgIpc) is 1.57. The summed E-state index contributed by atoms with van der Waals surface area (Å²) >= 11 is 5.98. The van der Waals surface area contributed by atoms with E-state index in [1.807, 2.05) is 0 Å². The van der Waals surface area contributed by atoms with E-state index in [1.54, 1.807) is 22.7 Å². The molecule has 3 aromatic heterocycles. The van der Waals surface area contributed by atoms with Crippen LogP contribution in [0.4, 0.5) is 11.4 Å². The van der Waals surface area contributed by atoms with Crippen molar-refractivity contribution < 1.29 is 28.4 Å². The molecule has 16 nitrogen and oxygen atoms in total. The van der Waals surface area contributed by atoms with Crippen LogP contribution >= 0.6 is 34.4 Å². The summed E-state index contributed by atoms with van der Waals surface area (Å²) < 4.78 is 60.0. The average molecular weight is 1570 g/mol. The Morgan fingerprint density at radius 2 is 0.536 bits per heavy atom. The van der Waals surface area contributed by atoms with Crippen molar-refractivity contribution in [3.8, 4) is 76.3 Å². The molecule has 0 fully saturated rings. The van der Waals surface area contributed by atoms with Gasteiger partial charge in [-0.1, -0.05) is 150 Å². The SMILES string of the molecule is CN(C)CCCCCCOc1cc(/C=C/c2ccc(-c3ccc(-c4c5c(c(-c6ccc(-c7ccc(/C=C/c8cc(OCCCCCCN(C)C)c(OCCCCCCN(C)C)c(OCCCCCCN(C)C)c8)cc7)s6)c6nsnc46)N=S=N5)s3)cc2)cc(OCCCCCCN(C)C)c1OCCCCCCN(C)C. The quantitative estimate of drug-likeness (QED) is 0.0265. The van der Waals surface area contributed by atoms with Gasteiger partial charge in [0, 0.05) is 30.6 Å². The lowest BCUT2D eigenvalue weighted by Crippen LogP contribution is -2.13. The van der Waals surface area contributed by atoms with Crippen LogP contribution in [0.2, 0.25) is 0 Å². The highest BCUT2D eigenvalue weighted by Crippen LogP contribution is 2.55. The number of aromatic nitrogens is 2. The minimum Gasteiger partial charge on any atom is -0.490 e. The van der Waals surface area contributed by atoms with E-state index in [9.17, 15) is 0 Å². The van der Waals surface area contributed by atoms with Crippen molar-refractivity contribution in [2.24, 2.45) is 8.73 Å². The molecule has 110 heavy (non-hydrogen) atoms. The number of nitrogens with zero attached hydrogens (tertiary/aromatic N) is 10. The number of fused-ring (bicyclic) bond motifs is 2. The summed E-state index contributed by atoms with van der Waals surface area (Å²) in [4.78, 5) is 18.0. The fourth-order valence-electron chi connectivity index (χ4n) is 13.4. The van der Waals surface area contributed by atoms with E-state index in [1.165, 1.54) is 100 Å². The summed E-state index contributed by atoms with van der Waals surface area (Å²) in [5, 5.41) is 0. The number of rotatable bonds is 56. The van der Waals surface area contributed by atoms with Gasteiger partial charge < -0.3 is 57.8 Å². The molecule has 8 aromatic rings. The topological polar surface area (TPSA) is 125 Å². The van der Waals surface area contributed by atoms with Crippen LogP contribution in [-0.4, -0.2) is 202 Å². The van der Waals surface area contributed by atoms with E-state index in [-0.39, 0.29) is 0 Å². The Bertz CT molecular complexity index is 3780. The molecule has 0 saturated heterocycles. The zero-order chi connectivity index (χ0) is 77.7. The van der Waals surface area contributed by atoms with Crippen molar-refractivity contribution >= 4 is 92.5 Å². The van der Waals surface area contributed by atoms with Gasteiger partial charge in [0.1, 0.15) is 22.4 Å². The van der Waals surface area contributed by atoms with E-state index in [2.05, 4.69) is 235 Å². The van der Waals surface area contributed by atoms with Gasteiger partial charge >= 0.3 is 0 Å². The summed E-state index contributed by atoms with van der Waals surface area (Å²) in [7, 11) is 25.7. The van der Waals surface area contributed by atoms with Crippen LogP contribution in [0.1, 0.15) is 176 Å². The molecule has 0 N–H and O–H groups in total. The van der Waals surface area contributed by atoms with Gasteiger partial charge in [-0.2, -0.15) is 17.5 Å². The van der Waals surface area contributed by atoms with Crippen molar-refractivity contribution in [1.29, 1.82) is 0 Å². The Hall–Kier alpha value is -6.82. The Morgan fingerprint density at radius 3 is 0.818 bits per heavy atom. The van der Waals surface area contributed by atoms with Crippen molar-refractivity contribution in [3.63, 3.8) is 0 Å². The highest BCUT2D eigenvalue weighted by molar-refractivity contribution is 7.58. The molecule has 0 unspecified atom stereocenters. The molecule has 4 heterocycles. The first-order valence-corrected chi connectivity index (χ1v) is 43.9. The van der Waals surface area contributed by atoms with Crippen LogP contribution in [0.25, 0.3) is 77.1 Å². The molecular formula is C90H128N10O6S4. The van der Waals surface area contributed by atoms with Gasteiger partial charge in [-0.3, -0.25) is 0 Å². The first-order valence-electron chi connectivity index (χ1n) is 40.8. The van der Waals surface area contributed by atoms with Gasteiger partial charge in [0.15, 0.2) is 23.0 Å². The third-order valence-corrected chi connectivity index (χ3v) is 22.9. The highest BCUT2D eigenvalue weighted by atomic mass is 32.1. The van der Waals surface area contributed by atoms with Crippen LogP contribution in [0.3, 0.4) is 0 Å². The van der Waals surface area contributed by atoms with Crippen molar-refractivity contribution in [3.05, 3.63) is 119 Å². The molecule has 0 radical (unpaired) electrons. The van der Waals surface area contributed by atoms with E-state index >= 15 is 0 Å². The maximum Gasteiger partial charge on any atom is 0.203 e. The predicted molar refractivity (Wildman–Crippen MR) is 472 cm³/mol. The minimum absolute atomic E-state index is 0.622. The molecule has 20 heteroatoms. The van der Waals surface area contributed by atoms with Gasteiger partial charge in [0.25, 0.3) is 0 Å². The lowest BCUT2D eigenvalue weighted by molar-refractivity contribution is 0.233. The minimum atomic E-state index is 0.622. The van der Waals surface area contributed by atoms with Crippen LogP contribution in [0.5, 0.6) is 34.5 Å². The fourth-order valence-corrected chi connectivity index (χ4v) is 16.6. The maximum atomic E-state index is 6.67. The smallest absolute Gasteiger partial charge is 0.203 e. The largest absolute Gasteiger partial charge is 0.490 e. The summed E-state index contributed by atoms with van der Waals surface area (Å²) in [6, 6.07) is 35.0. The van der Waals surface area contributed by atoms with Gasteiger partial charge in [-0.15, -0.1) is 22.7 Å². The second-order valence-corrected chi connectivity index (χ2v) is 34.2. The number of unbranched alkanes of at least 4 members (excludes halogenated alkanes) is 18. The zero-order valence-electron chi connectivity index (χ0n) is 68.6. The number of hydrogen-bond donors (Lipinski definition) is 0. The summed E-state index contributed by atoms with van der Waals surface area (Å²) in [5.41, 5.74) is 11.9. The lowest BCUT2D eigenvalue weighted by Gasteiger charge is -2.18. The maximum absolute atomic E-state index is 6.67. The monoisotopic (exact) mass is 1570 g/mol. The molecule has 5 aromatic carbocycles. The summed E-state index contributed by atoms with van der Waals surface area (Å²) in [6.45, 7) is 10.4. The number of thiophene rings is 2. The Kier molecular flexibility index (Phi) is 38.3. The van der Waals surface area contributed by atoms with Crippen molar-refractivity contribution in [1.82, 2.24) is 38.1 Å². The fraction of sp³-hybridized carbons (Fsp3) is 0.533. The van der Waals surface area contributed by atoms with Crippen LogP contribution < -0.4 is 28.4 Å². The third kappa shape index (κ3) is 29.6. The first kappa shape index (κ1) is 87.2. The van der Waals surface area contributed by atoms with E-state index < -0.39 is 0 Å². The van der Waals surface area contributed by atoms with Gasteiger partial charge in [0.2, 0.25) is 11.5 Å². The highest BCUT2D eigenvalue weighted by Gasteiger charge is 2.28. The Morgan fingerprint density at radius 1 is 0.282 bits per heavy atom. The second kappa shape index (κ2) is 48.3. The third-order valence-electron chi connectivity index (χ3n) is 19.6. The molecule has 0 spiro atoms. The standard InChI is InChI=1S/C90H128N10O6S4/c1-95(2)53-25-13-19-31-59-101-75-65-71(66-76(102-60-32-20-14-26-54-96(3)4)89(75)105-63-35-23-17-29-57-99(9)10)39-37-69-41-45-73(46-42-69)79-49-51-81(107-79)83-85-87(93-109-91-85)84(88-86(83)92-110-94-88)82-52-50-80(108-82)74-47-43-70(44-48-74)38-40-72-67-77(103-61-33-21-15-27-55-97(5)6)90(106-64-36-24-18-30-58-100(11)12)78(68-72)104-62-34-22-16-28-56-98(7)8/h37-52,65-68H,13-36,53-64H2,1-12H3/b39-37+,40-38+. The Balaban J connectivity index is 0.893. The lowest BCUT2D eigenvalue weighted by atomic mass is 10.0. The molecule has 1 aliphatic heterocycles. The predicted octanol–water partition coefficient (Wildman–Crippen LogP) is 22.6. The van der Waals surface area contributed by atoms with E-state index in [0.29, 0.717) is 39.6 Å². The van der Waals surface area contributed by atoms with Crippen molar-refractivity contribution in [2.75, 3.05) is 163 Å². The van der Waals surface area contributed by atoms with Gasteiger partial charge in [-0.25, -0.2) is 0 Å². The summed E-state index contributed by atoms with van der Waals surface area (Å²) in [6.07, 6.45) is 35.6. The molecule has 0 aliphatic carbocycles. The molecule has 1 aliphatic rings. The molecular weight excluding hydrogens is 1450 g/mol. The number of hydrogen-bond acceptors (Lipinski definition) is 19. The van der Waals surface area contributed by atoms with Crippen LogP contribution in [-0.2, 0) is 11.4 Å². The molecule has 9 rings (SSSR count). The molecule has 598 valence electrons. The normalized spacial score (nSPS) is 12.3. The van der Waals surface area contributed by atoms with Crippen molar-refractivity contribution in [2.45, 2.75) is 154 Å². The Labute approximate surface area is 676 Å². The first-order chi connectivity index (χ1) is 53.6. The van der Waals surface area contributed by atoms with Gasteiger partial charge in [0.05, 0.1) is 62.7 Å². The molecule has 0 bridgehead atoms. The molecule has 0 atom stereocenters. The number of benzene rings is 5. The van der Waals surface area contributed by atoms with Crippen LogP contribution in [0, 0.1) is 0 Å². The summed E-state index contributed by atoms with van der Waals surface area (Å²) in [5.74, 6) is 4.47. The zero-order valence-corrected chi connectivity index (χ0v) is 71.8. The van der Waals surface area contributed by atoms with Gasteiger partial charge in [-0.05, 0) is 283 Å². The van der Waals surface area contributed by atoms with E-state index in [4.69, 9.17) is 45.9 Å². The number of ether oxygens (including phenoxy) is 6. The second-order valence-electron chi connectivity index (χ2n) is 31.0. The molecule has 0 saturated carbocycles. The molecule has 0 amide bonds. The van der Waals surface area contributed by atoms with E-state index in [0.717, 1.165) is 237 Å².